The van der Waals surface area contributed by atoms with Crippen molar-refractivity contribution >= 4 is 27.0 Å². The van der Waals surface area contributed by atoms with E-state index >= 15 is 0 Å². The number of benzene rings is 1. The van der Waals surface area contributed by atoms with E-state index < -0.39 is 20.5 Å². The zero-order chi connectivity index (χ0) is 15.8. The van der Waals surface area contributed by atoms with E-state index in [0.717, 1.165) is 12.0 Å². The summed E-state index contributed by atoms with van der Waals surface area (Å²) in [6.45, 7) is 2.30. The molecule has 0 spiro atoms. The van der Waals surface area contributed by atoms with Gasteiger partial charge in [-0.25, -0.2) is 8.42 Å². The van der Waals surface area contributed by atoms with Gasteiger partial charge >= 0.3 is 0 Å². The van der Waals surface area contributed by atoms with Crippen LogP contribution in [0.1, 0.15) is 24.0 Å². The highest BCUT2D eigenvalue weighted by atomic mass is 32.2. The van der Waals surface area contributed by atoms with Crippen LogP contribution in [-0.4, -0.2) is 38.6 Å². The van der Waals surface area contributed by atoms with Gasteiger partial charge in [0.05, 0.1) is 22.3 Å². The summed E-state index contributed by atoms with van der Waals surface area (Å²) in [5.74, 6) is -0.226. The minimum Gasteiger partial charge on any atom is -0.393 e. The number of nitrogens with two attached hydrogens (primary N) is 1. The maximum absolute atomic E-state index is 12.1. The molecule has 1 saturated carbocycles. The molecule has 1 aliphatic rings. The molecule has 0 heterocycles. The smallest absolute Gasteiger partial charge is 0.152 e. The Hall–Kier alpha value is -0.980. The summed E-state index contributed by atoms with van der Waals surface area (Å²) in [5, 5.41) is -0.602. The zero-order valence-electron chi connectivity index (χ0n) is 12.5. The second-order valence-electron chi connectivity index (χ2n) is 5.66. The first-order valence-electron chi connectivity index (χ1n) is 6.85. The molecule has 1 fully saturated rings. The summed E-state index contributed by atoms with van der Waals surface area (Å²) >= 11 is 5.16. The average Bonchev–Trinajstić information content (AvgIpc) is 3.10. The number of sulfone groups is 1. The minimum atomic E-state index is -3.26. The fourth-order valence-corrected chi connectivity index (χ4v) is 5.55. The normalized spacial score (nSPS) is 28.3. The van der Waals surface area contributed by atoms with Crippen molar-refractivity contribution in [3.8, 4) is 0 Å². The second-order valence-corrected chi connectivity index (χ2v) is 8.27. The van der Waals surface area contributed by atoms with Gasteiger partial charge in [0, 0.05) is 19.3 Å². The van der Waals surface area contributed by atoms with E-state index in [1.807, 2.05) is 24.3 Å². The van der Waals surface area contributed by atoms with Crippen molar-refractivity contribution in [3.05, 3.63) is 35.4 Å². The quantitative estimate of drug-likeness (QED) is 0.805. The highest BCUT2D eigenvalue weighted by Gasteiger charge is 2.71. The van der Waals surface area contributed by atoms with Crippen LogP contribution in [0, 0.1) is 5.41 Å². The van der Waals surface area contributed by atoms with Gasteiger partial charge in [-0.3, -0.25) is 0 Å². The molecule has 2 rings (SSSR count). The van der Waals surface area contributed by atoms with Crippen LogP contribution in [0.5, 0.6) is 0 Å². The van der Waals surface area contributed by atoms with Gasteiger partial charge in [0.25, 0.3) is 0 Å². The number of hydrogen-bond donors (Lipinski definition) is 1. The summed E-state index contributed by atoms with van der Waals surface area (Å²) in [7, 11) is -1.73. The zero-order valence-corrected chi connectivity index (χ0v) is 14.1. The van der Waals surface area contributed by atoms with Gasteiger partial charge in [0.1, 0.15) is 0 Å². The lowest BCUT2D eigenvalue weighted by Gasteiger charge is -2.15. The Morgan fingerprint density at radius 2 is 1.95 bits per heavy atom. The maximum atomic E-state index is 12.1. The van der Waals surface area contributed by atoms with E-state index in [1.54, 1.807) is 0 Å². The standard InChI is InChI=1S/C15H21NO3S2/c1-4-10-5-7-11(8-6-10)12-13(21(3,17)18)15(12,9-19-2)14(16)20/h5-8,12-13H,4,9H2,1-3H3,(H2,16,20). The summed E-state index contributed by atoms with van der Waals surface area (Å²) in [4.78, 5) is 0.212. The first-order chi connectivity index (χ1) is 9.79. The molecule has 0 aromatic heterocycles. The van der Waals surface area contributed by atoms with Crippen LogP contribution in [0.25, 0.3) is 0 Å². The Bertz CT molecular complexity index is 639. The Labute approximate surface area is 131 Å². The third-order valence-corrected chi connectivity index (χ3v) is 6.30. The molecule has 0 aliphatic heterocycles. The van der Waals surface area contributed by atoms with Gasteiger partial charge in [-0.15, -0.1) is 0 Å². The van der Waals surface area contributed by atoms with Gasteiger partial charge in [0.15, 0.2) is 9.84 Å². The van der Waals surface area contributed by atoms with Crippen LogP contribution >= 0.6 is 12.2 Å². The van der Waals surface area contributed by atoms with Gasteiger partial charge in [-0.05, 0) is 17.5 Å². The molecule has 1 aromatic carbocycles. The van der Waals surface area contributed by atoms with Crippen LogP contribution in [0.4, 0.5) is 0 Å². The topological polar surface area (TPSA) is 69.4 Å². The van der Waals surface area contributed by atoms with Crippen molar-refractivity contribution < 1.29 is 13.2 Å². The third-order valence-electron chi connectivity index (χ3n) is 4.31. The molecule has 21 heavy (non-hydrogen) atoms. The van der Waals surface area contributed by atoms with E-state index in [1.165, 1.54) is 18.9 Å². The molecule has 0 radical (unpaired) electrons. The number of aryl methyl sites for hydroxylation is 1. The predicted molar refractivity (Wildman–Crippen MR) is 88.3 cm³/mol. The molecule has 116 valence electrons. The minimum absolute atomic E-state index is 0.212. The van der Waals surface area contributed by atoms with E-state index in [9.17, 15) is 8.42 Å². The molecule has 3 atom stereocenters. The average molecular weight is 327 g/mol. The molecule has 4 nitrogen and oxygen atoms in total. The summed E-state index contributed by atoms with van der Waals surface area (Å²) < 4.78 is 29.5. The molecule has 0 bridgehead atoms. The second kappa shape index (κ2) is 5.66. The Morgan fingerprint density at radius 3 is 2.33 bits per heavy atom. The van der Waals surface area contributed by atoms with Crippen molar-refractivity contribution in [2.75, 3.05) is 20.0 Å². The number of rotatable bonds is 6. The van der Waals surface area contributed by atoms with Gasteiger partial charge in [-0.1, -0.05) is 43.4 Å². The largest absolute Gasteiger partial charge is 0.393 e. The van der Waals surface area contributed by atoms with E-state index in [4.69, 9.17) is 22.7 Å². The molecule has 0 amide bonds. The van der Waals surface area contributed by atoms with E-state index in [-0.39, 0.29) is 17.5 Å². The third kappa shape index (κ3) is 2.72. The highest BCUT2D eigenvalue weighted by molar-refractivity contribution is 7.92. The molecule has 3 unspecified atom stereocenters. The van der Waals surface area contributed by atoms with Crippen LogP contribution < -0.4 is 5.73 Å². The van der Waals surface area contributed by atoms with Crippen molar-refractivity contribution in [1.29, 1.82) is 0 Å². The number of thiocarbonyl (C=S) groups is 1. The van der Waals surface area contributed by atoms with Crippen LogP contribution in [0.3, 0.4) is 0 Å². The molecular weight excluding hydrogens is 306 g/mol. The molecular formula is C15H21NO3S2. The monoisotopic (exact) mass is 327 g/mol. The number of methoxy groups -OCH3 is 1. The van der Waals surface area contributed by atoms with Crippen LogP contribution in [0.2, 0.25) is 0 Å². The summed E-state index contributed by atoms with van der Waals surface area (Å²) in [6, 6.07) is 7.98. The lowest BCUT2D eigenvalue weighted by atomic mass is 9.98. The van der Waals surface area contributed by atoms with Crippen LogP contribution in [-0.2, 0) is 21.0 Å². The maximum Gasteiger partial charge on any atom is 0.152 e. The van der Waals surface area contributed by atoms with Crippen molar-refractivity contribution in [3.63, 3.8) is 0 Å². The Kier molecular flexibility index (Phi) is 4.42. The fraction of sp³-hybridized carbons (Fsp3) is 0.533. The van der Waals surface area contributed by atoms with Crippen molar-refractivity contribution in [2.24, 2.45) is 11.1 Å². The van der Waals surface area contributed by atoms with Gasteiger partial charge in [0.2, 0.25) is 0 Å². The van der Waals surface area contributed by atoms with E-state index in [2.05, 4.69) is 6.92 Å². The molecule has 1 aliphatic carbocycles. The lowest BCUT2D eigenvalue weighted by molar-refractivity contribution is 0.166. The lowest BCUT2D eigenvalue weighted by Crippen LogP contribution is -2.32. The molecule has 1 aromatic rings. The number of hydrogen-bond acceptors (Lipinski definition) is 4. The van der Waals surface area contributed by atoms with Gasteiger partial charge in [-0.2, -0.15) is 0 Å². The highest BCUT2D eigenvalue weighted by Crippen LogP contribution is 2.63. The first-order valence-corrected chi connectivity index (χ1v) is 9.21. The Balaban J connectivity index is 2.46. The van der Waals surface area contributed by atoms with Crippen molar-refractivity contribution in [1.82, 2.24) is 0 Å². The molecule has 0 saturated heterocycles. The summed E-state index contributed by atoms with van der Waals surface area (Å²) in [5.41, 5.74) is 7.25. The van der Waals surface area contributed by atoms with Gasteiger partial charge < -0.3 is 10.5 Å². The predicted octanol–water partition coefficient (Wildman–Crippen LogP) is 1.68. The summed E-state index contributed by atoms with van der Waals surface area (Å²) in [6.07, 6.45) is 2.18. The molecule has 6 heteroatoms. The first kappa shape index (κ1) is 16.4. The van der Waals surface area contributed by atoms with Crippen molar-refractivity contribution in [2.45, 2.75) is 24.5 Å². The fourth-order valence-electron chi connectivity index (χ4n) is 3.24. The van der Waals surface area contributed by atoms with Crippen LogP contribution in [0.15, 0.2) is 24.3 Å². The molecule has 2 N–H and O–H groups in total. The van der Waals surface area contributed by atoms with E-state index in [0.29, 0.717) is 0 Å². The Morgan fingerprint density at radius 1 is 1.38 bits per heavy atom. The SMILES string of the molecule is CCc1ccc(C2C(S(C)(=O)=O)C2(COC)C(N)=S)cc1. The number of ether oxygens (including phenoxy) is 1.